The van der Waals surface area contributed by atoms with Gasteiger partial charge in [0.2, 0.25) is 0 Å². The first-order valence-electron chi connectivity index (χ1n) is 10.7. The van der Waals surface area contributed by atoms with E-state index in [-0.39, 0.29) is 11.8 Å². The predicted octanol–water partition coefficient (Wildman–Crippen LogP) is 7.81. The van der Waals surface area contributed by atoms with Gasteiger partial charge in [0.05, 0.1) is 21.6 Å². The number of hydrogen-bond acceptors (Lipinski definition) is 5. The molecule has 1 aliphatic heterocycles. The number of thioether (sulfide) groups is 1. The topological polar surface area (TPSA) is 55.8 Å². The summed E-state index contributed by atoms with van der Waals surface area (Å²) < 4.78 is 12.7. The molecule has 35 heavy (non-hydrogen) atoms. The van der Waals surface area contributed by atoms with Crippen molar-refractivity contribution in [3.8, 4) is 11.5 Å². The molecule has 0 saturated carbocycles. The Bertz CT molecular complexity index is 1280. The van der Waals surface area contributed by atoms with E-state index in [0.717, 1.165) is 31.4 Å². The second kappa shape index (κ2) is 11.7. The molecule has 0 unspecified atom stereocenters. The SMILES string of the molecule is CCOc1cc(/C=C2\SC(=O)N(Cc3c(Cl)cccc3Cl)C2=O)cc(I)c1OCc1ccccc1. The smallest absolute Gasteiger partial charge is 0.293 e. The molecule has 0 radical (unpaired) electrons. The molecule has 0 atom stereocenters. The Morgan fingerprint density at radius 2 is 1.71 bits per heavy atom. The van der Waals surface area contributed by atoms with Crippen LogP contribution in [0.1, 0.15) is 23.6 Å². The summed E-state index contributed by atoms with van der Waals surface area (Å²) in [5.74, 6) is 0.812. The predicted molar refractivity (Wildman–Crippen MR) is 149 cm³/mol. The van der Waals surface area contributed by atoms with Gasteiger partial charge in [-0.3, -0.25) is 14.5 Å². The van der Waals surface area contributed by atoms with Crippen molar-refractivity contribution < 1.29 is 19.1 Å². The number of imide groups is 1. The lowest BCUT2D eigenvalue weighted by molar-refractivity contribution is -0.123. The van der Waals surface area contributed by atoms with E-state index in [1.807, 2.05) is 49.4 Å². The molecule has 4 rings (SSSR count). The van der Waals surface area contributed by atoms with Crippen LogP contribution in [0, 0.1) is 3.57 Å². The average molecular weight is 640 g/mol. The lowest BCUT2D eigenvalue weighted by Crippen LogP contribution is -2.27. The van der Waals surface area contributed by atoms with Crippen LogP contribution >= 0.6 is 57.6 Å². The van der Waals surface area contributed by atoms with Gasteiger partial charge in [-0.2, -0.15) is 0 Å². The summed E-state index contributed by atoms with van der Waals surface area (Å²) in [5, 5.41) is 0.435. The zero-order valence-corrected chi connectivity index (χ0v) is 23.1. The summed E-state index contributed by atoms with van der Waals surface area (Å²) in [6.07, 6.45) is 1.69. The molecule has 0 N–H and O–H groups in total. The number of hydrogen-bond donors (Lipinski definition) is 0. The third-order valence-electron chi connectivity index (χ3n) is 5.11. The molecule has 1 heterocycles. The highest BCUT2D eigenvalue weighted by Crippen LogP contribution is 2.39. The van der Waals surface area contributed by atoms with Crippen molar-refractivity contribution in [1.82, 2.24) is 4.90 Å². The van der Waals surface area contributed by atoms with Crippen LogP contribution in [0.25, 0.3) is 6.08 Å². The maximum absolute atomic E-state index is 13.0. The molecule has 1 saturated heterocycles. The molecule has 0 aromatic heterocycles. The van der Waals surface area contributed by atoms with Gasteiger partial charge in [-0.05, 0) is 82.7 Å². The molecule has 1 aliphatic rings. The number of carbonyl (C=O) groups is 2. The summed E-state index contributed by atoms with van der Waals surface area (Å²) in [5.41, 5.74) is 2.31. The first-order chi connectivity index (χ1) is 16.9. The van der Waals surface area contributed by atoms with E-state index in [0.29, 0.717) is 45.2 Å². The molecular formula is C26H20Cl2INO4S. The lowest BCUT2D eigenvalue weighted by atomic mass is 10.1. The Labute approximate surface area is 231 Å². The standard InChI is InChI=1S/C26H20Cl2INO4S/c1-2-33-22-12-17(11-21(29)24(22)34-15-16-7-4-3-5-8-16)13-23-25(31)30(26(32)35-23)14-18-19(27)9-6-10-20(18)28/h3-13H,2,14-15H2,1H3/b23-13-. The molecule has 5 nitrogen and oxygen atoms in total. The van der Waals surface area contributed by atoms with Crippen molar-refractivity contribution in [2.24, 2.45) is 0 Å². The van der Waals surface area contributed by atoms with Crippen molar-refractivity contribution in [2.45, 2.75) is 20.1 Å². The van der Waals surface area contributed by atoms with Crippen molar-refractivity contribution in [2.75, 3.05) is 6.61 Å². The fourth-order valence-electron chi connectivity index (χ4n) is 3.43. The van der Waals surface area contributed by atoms with Crippen molar-refractivity contribution in [1.29, 1.82) is 0 Å². The van der Waals surface area contributed by atoms with Gasteiger partial charge in [-0.25, -0.2) is 0 Å². The van der Waals surface area contributed by atoms with E-state index >= 15 is 0 Å². The third kappa shape index (κ3) is 6.14. The number of ether oxygens (including phenoxy) is 2. The second-order valence-electron chi connectivity index (χ2n) is 7.51. The molecule has 9 heteroatoms. The summed E-state index contributed by atoms with van der Waals surface area (Å²) in [4.78, 5) is 27.1. The van der Waals surface area contributed by atoms with E-state index < -0.39 is 5.91 Å². The summed E-state index contributed by atoms with van der Waals surface area (Å²) in [6.45, 7) is 2.76. The van der Waals surface area contributed by atoms with Gasteiger partial charge in [0.1, 0.15) is 6.61 Å². The molecule has 3 aromatic carbocycles. The fourth-order valence-corrected chi connectivity index (χ4v) is 5.57. The number of amides is 2. The Morgan fingerprint density at radius 1 is 1.00 bits per heavy atom. The summed E-state index contributed by atoms with van der Waals surface area (Å²) in [6, 6.07) is 18.6. The quantitative estimate of drug-likeness (QED) is 0.186. The second-order valence-corrected chi connectivity index (χ2v) is 10.5. The van der Waals surface area contributed by atoms with Crippen LogP contribution < -0.4 is 9.47 Å². The van der Waals surface area contributed by atoms with Gasteiger partial charge in [0.25, 0.3) is 11.1 Å². The van der Waals surface area contributed by atoms with Gasteiger partial charge in [0, 0.05) is 15.6 Å². The van der Waals surface area contributed by atoms with Gasteiger partial charge < -0.3 is 9.47 Å². The molecule has 0 bridgehead atoms. The van der Waals surface area contributed by atoms with Crippen LogP contribution in [-0.4, -0.2) is 22.7 Å². The third-order valence-corrected chi connectivity index (χ3v) is 7.52. The average Bonchev–Trinajstić information content (AvgIpc) is 3.09. The number of nitrogens with zero attached hydrogens (tertiary/aromatic N) is 1. The maximum atomic E-state index is 13.0. The number of rotatable bonds is 8. The largest absolute Gasteiger partial charge is 0.490 e. The van der Waals surface area contributed by atoms with Gasteiger partial charge in [-0.15, -0.1) is 0 Å². The maximum Gasteiger partial charge on any atom is 0.293 e. The molecule has 3 aromatic rings. The Morgan fingerprint density at radius 3 is 2.40 bits per heavy atom. The molecule has 2 amide bonds. The molecule has 0 spiro atoms. The van der Waals surface area contributed by atoms with Crippen LogP contribution in [0.3, 0.4) is 0 Å². The van der Waals surface area contributed by atoms with E-state index in [9.17, 15) is 9.59 Å². The normalized spacial score (nSPS) is 14.6. The number of halogens is 3. The van der Waals surface area contributed by atoms with E-state index in [4.69, 9.17) is 32.7 Å². The van der Waals surface area contributed by atoms with Crippen LogP contribution in [-0.2, 0) is 17.9 Å². The highest BCUT2D eigenvalue weighted by molar-refractivity contribution is 14.1. The van der Waals surface area contributed by atoms with Crippen molar-refractivity contribution >= 4 is 74.8 Å². The highest BCUT2D eigenvalue weighted by Gasteiger charge is 2.35. The van der Waals surface area contributed by atoms with E-state index in [2.05, 4.69) is 22.6 Å². The molecule has 0 aliphatic carbocycles. The van der Waals surface area contributed by atoms with Crippen LogP contribution in [0.4, 0.5) is 4.79 Å². The number of carbonyl (C=O) groups excluding carboxylic acids is 2. The summed E-state index contributed by atoms with van der Waals surface area (Å²) in [7, 11) is 0. The zero-order valence-electron chi connectivity index (χ0n) is 18.6. The minimum Gasteiger partial charge on any atom is -0.490 e. The molecule has 180 valence electrons. The minimum absolute atomic E-state index is 0.00844. The first-order valence-corrected chi connectivity index (χ1v) is 13.3. The van der Waals surface area contributed by atoms with Crippen LogP contribution in [0.15, 0.2) is 65.6 Å². The molecular weight excluding hydrogens is 620 g/mol. The van der Waals surface area contributed by atoms with Crippen LogP contribution in [0.2, 0.25) is 10.0 Å². The Balaban J connectivity index is 1.57. The first kappa shape index (κ1) is 25.9. The molecule has 1 fully saturated rings. The zero-order chi connectivity index (χ0) is 24.9. The monoisotopic (exact) mass is 639 g/mol. The minimum atomic E-state index is -0.395. The Kier molecular flexibility index (Phi) is 8.64. The van der Waals surface area contributed by atoms with Gasteiger partial charge >= 0.3 is 0 Å². The fraction of sp³-hybridized carbons (Fsp3) is 0.154. The van der Waals surface area contributed by atoms with Crippen molar-refractivity contribution in [3.63, 3.8) is 0 Å². The van der Waals surface area contributed by atoms with Crippen LogP contribution in [0.5, 0.6) is 11.5 Å². The Hall–Kier alpha value is -2.20. The summed E-state index contributed by atoms with van der Waals surface area (Å²) >= 11 is 15.5. The van der Waals surface area contributed by atoms with Gasteiger partial charge in [-0.1, -0.05) is 59.6 Å². The van der Waals surface area contributed by atoms with E-state index in [1.54, 1.807) is 24.3 Å². The van der Waals surface area contributed by atoms with Gasteiger partial charge in [0.15, 0.2) is 11.5 Å². The number of benzene rings is 3. The van der Waals surface area contributed by atoms with E-state index in [1.165, 1.54) is 0 Å². The lowest BCUT2D eigenvalue weighted by Gasteiger charge is -2.15. The highest BCUT2D eigenvalue weighted by atomic mass is 127. The van der Waals surface area contributed by atoms with Crippen molar-refractivity contribution in [3.05, 3.63) is 95.9 Å².